The third-order valence-electron chi connectivity index (χ3n) is 5.39. The number of amides is 2. The molecule has 0 unspecified atom stereocenters. The van der Waals surface area contributed by atoms with Crippen LogP contribution in [0, 0.1) is 11.3 Å². The van der Waals surface area contributed by atoms with Crippen molar-refractivity contribution in [2.24, 2.45) is 5.92 Å². The van der Waals surface area contributed by atoms with Crippen molar-refractivity contribution in [2.45, 2.75) is 26.2 Å². The van der Waals surface area contributed by atoms with Gasteiger partial charge in [0.2, 0.25) is 0 Å². The van der Waals surface area contributed by atoms with Crippen LogP contribution in [0.3, 0.4) is 0 Å². The van der Waals surface area contributed by atoms with E-state index in [4.69, 9.17) is 10.1 Å². The fourth-order valence-corrected chi connectivity index (χ4v) is 3.39. The Balaban J connectivity index is 1.68. The first-order valence-electron chi connectivity index (χ1n) is 10.1. The molecule has 2 aromatic rings. The summed E-state index contributed by atoms with van der Waals surface area (Å²) in [6, 6.07) is 6.95. The predicted molar refractivity (Wildman–Crippen MR) is 115 cm³/mol. The second kappa shape index (κ2) is 8.14. The number of benzene rings is 1. The lowest BCUT2D eigenvalue weighted by Crippen LogP contribution is -2.44. The standard InChI is InChI=1S/C22H25N5O3/c1-13(23)15-5-3-6-17(21(15)30-2)25-18-11-19(26-22(29)27-9-4-10-27)24-12-16(18)20(28)14-7-8-14/h3,5-6,11-12,14,23H,4,7-10H2,1-2H3,(H2,24,25,26,29). The Hall–Kier alpha value is -3.42. The van der Waals surface area contributed by atoms with E-state index in [0.717, 1.165) is 32.4 Å². The number of likely N-dealkylation sites (tertiary alicyclic amines) is 1. The number of ether oxygens (including phenoxy) is 1. The number of aromatic nitrogens is 1. The predicted octanol–water partition coefficient (Wildman–Crippen LogP) is 4.05. The van der Waals surface area contributed by atoms with Gasteiger partial charge in [-0.1, -0.05) is 6.07 Å². The summed E-state index contributed by atoms with van der Waals surface area (Å²) >= 11 is 0. The molecule has 8 heteroatoms. The number of urea groups is 1. The number of pyridine rings is 1. The van der Waals surface area contributed by atoms with Gasteiger partial charge in [0, 0.05) is 42.5 Å². The quantitative estimate of drug-likeness (QED) is 0.474. The molecule has 2 fully saturated rings. The molecule has 30 heavy (non-hydrogen) atoms. The number of ketones is 1. The number of hydrogen-bond donors (Lipinski definition) is 3. The fourth-order valence-electron chi connectivity index (χ4n) is 3.39. The third kappa shape index (κ3) is 3.98. The molecule has 0 bridgehead atoms. The van der Waals surface area contributed by atoms with Gasteiger partial charge < -0.3 is 20.4 Å². The lowest BCUT2D eigenvalue weighted by Gasteiger charge is -2.30. The van der Waals surface area contributed by atoms with Crippen LogP contribution in [0.15, 0.2) is 30.5 Å². The number of carbonyl (C=O) groups is 2. The molecule has 2 heterocycles. The smallest absolute Gasteiger partial charge is 0.323 e. The van der Waals surface area contributed by atoms with Crippen LogP contribution in [0.4, 0.5) is 22.0 Å². The van der Waals surface area contributed by atoms with E-state index in [1.807, 2.05) is 18.2 Å². The van der Waals surface area contributed by atoms with Crippen molar-refractivity contribution in [3.63, 3.8) is 0 Å². The highest BCUT2D eigenvalue weighted by Crippen LogP contribution is 2.37. The second-order valence-corrected chi connectivity index (χ2v) is 7.66. The maximum Gasteiger partial charge on any atom is 0.323 e. The van der Waals surface area contributed by atoms with Crippen molar-refractivity contribution in [2.75, 3.05) is 30.8 Å². The summed E-state index contributed by atoms with van der Waals surface area (Å²) in [4.78, 5) is 31.1. The van der Waals surface area contributed by atoms with Crippen molar-refractivity contribution in [3.05, 3.63) is 41.6 Å². The Bertz CT molecular complexity index is 1010. The minimum Gasteiger partial charge on any atom is -0.494 e. The molecule has 8 nitrogen and oxygen atoms in total. The summed E-state index contributed by atoms with van der Waals surface area (Å²) < 4.78 is 5.54. The highest BCUT2D eigenvalue weighted by molar-refractivity contribution is 6.05. The normalized spacial score (nSPS) is 15.2. The molecule has 1 aromatic carbocycles. The number of Topliss-reactive ketones (excluding diaryl/α,β-unsaturated/α-hetero) is 1. The van der Waals surface area contributed by atoms with Crippen molar-refractivity contribution in [1.82, 2.24) is 9.88 Å². The van der Waals surface area contributed by atoms with Crippen LogP contribution in [0.5, 0.6) is 5.75 Å². The molecule has 1 saturated heterocycles. The lowest BCUT2D eigenvalue weighted by molar-refractivity contribution is 0.0968. The molecular weight excluding hydrogens is 382 g/mol. The molecule has 2 amide bonds. The first kappa shape index (κ1) is 19.9. The molecule has 4 rings (SSSR count). The number of nitrogens with one attached hydrogen (secondary N) is 3. The zero-order valence-corrected chi connectivity index (χ0v) is 17.1. The third-order valence-corrected chi connectivity index (χ3v) is 5.39. The van der Waals surface area contributed by atoms with Gasteiger partial charge in [-0.3, -0.25) is 10.1 Å². The molecular formula is C22H25N5O3. The van der Waals surface area contributed by atoms with Crippen molar-refractivity contribution < 1.29 is 14.3 Å². The Morgan fingerprint density at radius 3 is 2.57 bits per heavy atom. The van der Waals surface area contributed by atoms with Gasteiger partial charge in [0.1, 0.15) is 5.82 Å². The topological polar surface area (TPSA) is 107 Å². The highest BCUT2D eigenvalue weighted by atomic mass is 16.5. The summed E-state index contributed by atoms with van der Waals surface area (Å²) in [6.45, 7) is 3.17. The van der Waals surface area contributed by atoms with Crippen LogP contribution in [-0.4, -0.2) is 47.6 Å². The molecule has 3 N–H and O–H groups in total. The maximum atomic E-state index is 12.8. The van der Waals surface area contributed by atoms with Crippen molar-refractivity contribution in [3.8, 4) is 5.75 Å². The zero-order chi connectivity index (χ0) is 21.3. The van der Waals surface area contributed by atoms with Crippen LogP contribution in [0.2, 0.25) is 0 Å². The minimum absolute atomic E-state index is 0.0333. The molecule has 0 atom stereocenters. The average Bonchev–Trinajstić information content (AvgIpc) is 3.51. The van der Waals surface area contributed by atoms with E-state index in [-0.39, 0.29) is 17.7 Å². The van der Waals surface area contributed by atoms with E-state index >= 15 is 0 Å². The summed E-state index contributed by atoms with van der Waals surface area (Å²) in [5.41, 5.74) is 2.72. The molecule has 2 aliphatic rings. The van der Waals surface area contributed by atoms with Crippen LogP contribution in [-0.2, 0) is 0 Å². The Kier molecular flexibility index (Phi) is 5.39. The molecule has 0 spiro atoms. The van der Waals surface area contributed by atoms with Gasteiger partial charge in [0.25, 0.3) is 0 Å². The van der Waals surface area contributed by atoms with Gasteiger partial charge in [-0.05, 0) is 38.3 Å². The number of rotatable bonds is 7. The number of hydrogen-bond acceptors (Lipinski definition) is 6. The van der Waals surface area contributed by atoms with E-state index in [1.165, 1.54) is 6.20 Å². The monoisotopic (exact) mass is 407 g/mol. The van der Waals surface area contributed by atoms with Gasteiger partial charge in [-0.15, -0.1) is 0 Å². The summed E-state index contributed by atoms with van der Waals surface area (Å²) in [7, 11) is 1.55. The largest absolute Gasteiger partial charge is 0.494 e. The lowest BCUT2D eigenvalue weighted by atomic mass is 10.1. The van der Waals surface area contributed by atoms with Gasteiger partial charge >= 0.3 is 6.03 Å². The van der Waals surface area contributed by atoms with Gasteiger partial charge in [0.15, 0.2) is 11.5 Å². The molecule has 156 valence electrons. The van der Waals surface area contributed by atoms with Crippen LogP contribution in [0.25, 0.3) is 0 Å². The van der Waals surface area contributed by atoms with Gasteiger partial charge in [-0.2, -0.15) is 0 Å². The number of para-hydroxylation sites is 1. The number of anilines is 3. The number of nitrogens with zero attached hydrogens (tertiary/aromatic N) is 2. The molecule has 1 aliphatic carbocycles. The van der Waals surface area contributed by atoms with E-state index in [0.29, 0.717) is 39.8 Å². The molecule has 1 saturated carbocycles. The van der Waals surface area contributed by atoms with E-state index in [1.54, 1.807) is 25.0 Å². The van der Waals surface area contributed by atoms with Crippen molar-refractivity contribution in [1.29, 1.82) is 5.41 Å². The average molecular weight is 407 g/mol. The Morgan fingerprint density at radius 2 is 1.97 bits per heavy atom. The molecule has 1 aromatic heterocycles. The Labute approximate surface area is 175 Å². The first-order chi connectivity index (χ1) is 14.5. The SMILES string of the molecule is COc1c(Nc2cc(NC(=O)N3CCC3)ncc2C(=O)C2CC2)cccc1C(C)=N. The zero-order valence-electron chi connectivity index (χ0n) is 17.1. The summed E-state index contributed by atoms with van der Waals surface area (Å²) in [5, 5.41) is 14.1. The van der Waals surface area contributed by atoms with Crippen molar-refractivity contribution >= 4 is 34.7 Å². The van der Waals surface area contributed by atoms with Crippen LogP contribution >= 0.6 is 0 Å². The van der Waals surface area contributed by atoms with E-state index < -0.39 is 0 Å². The Morgan fingerprint density at radius 1 is 1.20 bits per heavy atom. The van der Waals surface area contributed by atoms with E-state index in [9.17, 15) is 9.59 Å². The van der Waals surface area contributed by atoms with Crippen LogP contribution < -0.4 is 15.4 Å². The second-order valence-electron chi connectivity index (χ2n) is 7.66. The first-order valence-corrected chi connectivity index (χ1v) is 10.1. The minimum atomic E-state index is -0.194. The summed E-state index contributed by atoms with van der Waals surface area (Å²) in [6.07, 6.45) is 4.30. The molecule has 1 aliphatic heterocycles. The highest BCUT2D eigenvalue weighted by Gasteiger charge is 2.32. The van der Waals surface area contributed by atoms with Gasteiger partial charge in [0.05, 0.1) is 24.0 Å². The fraction of sp³-hybridized carbons (Fsp3) is 0.364. The van der Waals surface area contributed by atoms with E-state index in [2.05, 4.69) is 15.6 Å². The van der Waals surface area contributed by atoms with Gasteiger partial charge in [-0.25, -0.2) is 9.78 Å². The number of carbonyl (C=O) groups excluding carboxylic acids is 2. The molecule has 0 radical (unpaired) electrons. The van der Waals surface area contributed by atoms with Crippen LogP contribution in [0.1, 0.15) is 42.1 Å². The number of methoxy groups -OCH3 is 1. The summed E-state index contributed by atoms with van der Waals surface area (Å²) in [5.74, 6) is 0.979. The maximum absolute atomic E-state index is 12.8.